The Balaban J connectivity index is 1.27. The maximum absolute atomic E-state index is 13.5. The van der Waals surface area contributed by atoms with Crippen LogP contribution in [0.15, 0.2) is 111 Å². The van der Waals surface area contributed by atoms with Crippen LogP contribution in [0.1, 0.15) is 77.4 Å². The van der Waals surface area contributed by atoms with Gasteiger partial charge in [0, 0.05) is 55.0 Å². The van der Waals surface area contributed by atoms with Gasteiger partial charge in [-0.3, -0.25) is 28.8 Å². The van der Waals surface area contributed by atoms with E-state index in [1.165, 1.54) is 54.6 Å². The first-order valence-electron chi connectivity index (χ1n) is 21.0. The minimum atomic E-state index is -1.63. The zero-order valence-corrected chi connectivity index (χ0v) is 41.4. The number of rotatable bonds is 21. The van der Waals surface area contributed by atoms with Gasteiger partial charge in [0.2, 0.25) is 12.1 Å². The SMILES string of the molecule is CCOc1ccc(NC(=O)c2cc(Cl)cc(N=NC(C(C)=O)C(=O)Nc3ccc(NC(=O)C(N=Nc4cc(Cl)cc(C(=O)Nc5ccc(OCC)c(CCl)c5)c4)C(C)=O)c(C(C)Cl)c3)c2)cc1CCl. The lowest BCUT2D eigenvalue weighted by Gasteiger charge is -2.17. The molecule has 0 fully saturated rings. The topological polar surface area (TPSA) is 218 Å². The van der Waals surface area contributed by atoms with Crippen LogP contribution in [-0.2, 0) is 30.9 Å². The van der Waals surface area contributed by atoms with E-state index in [1.807, 2.05) is 13.8 Å². The van der Waals surface area contributed by atoms with Crippen LogP contribution in [0, 0.1) is 0 Å². The van der Waals surface area contributed by atoms with Crippen LogP contribution in [0.5, 0.6) is 11.5 Å². The van der Waals surface area contributed by atoms with Crippen molar-refractivity contribution in [1.82, 2.24) is 0 Å². The molecular formula is C48H45Cl5N8O8. The molecular weight excluding hydrogens is 994 g/mol. The van der Waals surface area contributed by atoms with E-state index in [0.717, 1.165) is 13.8 Å². The summed E-state index contributed by atoms with van der Waals surface area (Å²) in [5.74, 6) is -2.56. The lowest BCUT2D eigenvalue weighted by molar-refractivity contribution is -0.127. The Bertz CT molecular complexity index is 2820. The second-order valence-corrected chi connectivity index (χ2v) is 17.0. The summed E-state index contributed by atoms with van der Waals surface area (Å²) < 4.78 is 11.1. The number of alkyl halides is 3. The van der Waals surface area contributed by atoms with E-state index in [2.05, 4.69) is 41.7 Å². The van der Waals surface area contributed by atoms with Gasteiger partial charge in [-0.2, -0.15) is 20.5 Å². The number of halogens is 5. The fraction of sp³-hybridized carbons (Fsp3) is 0.250. The molecule has 0 aliphatic rings. The van der Waals surface area contributed by atoms with Crippen LogP contribution in [0.25, 0.3) is 0 Å². The maximum atomic E-state index is 13.5. The smallest absolute Gasteiger partial charge is 0.258 e. The zero-order chi connectivity index (χ0) is 50.4. The Morgan fingerprint density at radius 2 is 0.986 bits per heavy atom. The molecule has 0 bridgehead atoms. The molecule has 21 heteroatoms. The summed E-state index contributed by atoms with van der Waals surface area (Å²) in [5, 5.41) is 26.4. The minimum Gasteiger partial charge on any atom is -0.494 e. The van der Waals surface area contributed by atoms with Gasteiger partial charge in [-0.25, -0.2) is 0 Å². The Kier molecular flexibility index (Phi) is 19.6. The van der Waals surface area contributed by atoms with Crippen molar-refractivity contribution in [2.45, 2.75) is 63.8 Å². The van der Waals surface area contributed by atoms with Crippen LogP contribution in [-0.4, -0.2) is 60.5 Å². The molecule has 0 aliphatic heterocycles. The molecule has 69 heavy (non-hydrogen) atoms. The number of hydrogen-bond donors (Lipinski definition) is 4. The Morgan fingerprint density at radius 3 is 1.39 bits per heavy atom. The average molecular weight is 1040 g/mol. The van der Waals surface area contributed by atoms with Crippen LogP contribution >= 0.6 is 58.0 Å². The number of carbonyl (C=O) groups is 6. The molecule has 3 atom stereocenters. The summed E-state index contributed by atoms with van der Waals surface area (Å²) in [6.45, 7) is 8.50. The van der Waals surface area contributed by atoms with Crippen molar-refractivity contribution in [2.24, 2.45) is 20.5 Å². The summed E-state index contributed by atoms with van der Waals surface area (Å²) in [7, 11) is 0. The molecule has 360 valence electrons. The minimum absolute atomic E-state index is 0.0842. The number of carbonyl (C=O) groups excluding carboxylic acids is 6. The van der Waals surface area contributed by atoms with Gasteiger partial charge in [0.1, 0.15) is 11.5 Å². The zero-order valence-electron chi connectivity index (χ0n) is 37.7. The van der Waals surface area contributed by atoms with Gasteiger partial charge in [-0.05, 0) is 131 Å². The molecule has 0 spiro atoms. The van der Waals surface area contributed by atoms with Crippen LogP contribution in [0.3, 0.4) is 0 Å². The van der Waals surface area contributed by atoms with Crippen molar-refractivity contribution in [3.05, 3.63) is 129 Å². The molecule has 5 aromatic carbocycles. The third-order valence-corrected chi connectivity index (χ3v) is 10.9. The van der Waals surface area contributed by atoms with Crippen molar-refractivity contribution in [1.29, 1.82) is 0 Å². The van der Waals surface area contributed by atoms with Crippen molar-refractivity contribution >= 4 is 127 Å². The number of nitrogens with zero attached hydrogens (tertiary/aromatic N) is 4. The normalized spacial score (nSPS) is 12.5. The Hall–Kier alpha value is -6.43. The summed E-state index contributed by atoms with van der Waals surface area (Å²) in [6.07, 6.45) is 0. The number of Topliss-reactive ketones (excluding diaryl/α,β-unsaturated/α-hetero) is 2. The number of amides is 4. The lowest BCUT2D eigenvalue weighted by atomic mass is 10.1. The molecule has 0 saturated carbocycles. The van der Waals surface area contributed by atoms with E-state index in [4.69, 9.17) is 67.5 Å². The van der Waals surface area contributed by atoms with Crippen LogP contribution < -0.4 is 30.7 Å². The van der Waals surface area contributed by atoms with Gasteiger partial charge in [-0.1, -0.05) is 23.2 Å². The standard InChI is InChI=1S/C48H45Cl5N8O8/c1-6-68-41-12-9-34(18-30(41)23-49)54-45(64)28-14-32(52)20-37(16-28)58-60-43(26(4)62)47(66)56-36-8-11-40(39(22-36)25(3)51)57-48(67)44(27(5)63)61-59-38-17-29(15-33(53)21-38)46(65)55-35-10-13-42(69-7-2)31(19-35)24-50/h8-22,25,43-44H,6-7,23-24H2,1-5H3,(H,54,64)(H,55,65)(H,56,66)(H,57,67). The predicted octanol–water partition coefficient (Wildman–Crippen LogP) is 12.4. The third kappa shape index (κ3) is 15.0. The highest BCUT2D eigenvalue weighted by molar-refractivity contribution is 6.32. The molecule has 0 heterocycles. The highest BCUT2D eigenvalue weighted by Gasteiger charge is 2.27. The summed E-state index contributed by atoms with van der Waals surface area (Å²) in [4.78, 5) is 78.8. The number of anilines is 4. The first kappa shape index (κ1) is 53.5. The number of nitrogens with one attached hydrogen (secondary N) is 4. The third-order valence-electron chi connectivity index (χ3n) is 9.66. The molecule has 5 aromatic rings. The molecule has 4 N–H and O–H groups in total. The number of ether oxygens (including phenoxy) is 2. The molecule has 16 nitrogen and oxygen atoms in total. The van der Waals surface area contributed by atoms with Gasteiger partial charge in [-0.15, -0.1) is 34.8 Å². The monoisotopic (exact) mass is 1040 g/mol. The maximum Gasteiger partial charge on any atom is 0.258 e. The summed E-state index contributed by atoms with van der Waals surface area (Å²) in [5.41, 5.74) is 3.37. The quantitative estimate of drug-likeness (QED) is 0.0314. The number of benzene rings is 5. The van der Waals surface area contributed by atoms with Gasteiger partial charge in [0.15, 0.2) is 11.6 Å². The molecule has 4 amide bonds. The average Bonchev–Trinajstić information content (AvgIpc) is 3.30. The van der Waals surface area contributed by atoms with Gasteiger partial charge in [0.05, 0.1) is 41.7 Å². The second-order valence-electron chi connectivity index (χ2n) is 14.9. The van der Waals surface area contributed by atoms with Crippen molar-refractivity contribution < 1.29 is 38.2 Å². The van der Waals surface area contributed by atoms with Crippen molar-refractivity contribution in [3.8, 4) is 11.5 Å². The van der Waals surface area contributed by atoms with E-state index < -0.39 is 52.7 Å². The first-order chi connectivity index (χ1) is 32.9. The molecule has 0 radical (unpaired) electrons. The van der Waals surface area contributed by atoms with E-state index >= 15 is 0 Å². The fourth-order valence-electron chi connectivity index (χ4n) is 6.43. The molecule has 0 saturated heterocycles. The number of hydrogen-bond acceptors (Lipinski definition) is 12. The summed E-state index contributed by atoms with van der Waals surface area (Å²) >= 11 is 31.3. The molecule has 0 aromatic heterocycles. The molecule has 3 unspecified atom stereocenters. The first-order valence-corrected chi connectivity index (χ1v) is 23.3. The second kappa shape index (κ2) is 25.3. The van der Waals surface area contributed by atoms with Crippen molar-refractivity contribution in [2.75, 3.05) is 34.5 Å². The highest BCUT2D eigenvalue weighted by Crippen LogP contribution is 2.32. The lowest BCUT2D eigenvalue weighted by Crippen LogP contribution is -2.32. The van der Waals surface area contributed by atoms with Crippen LogP contribution in [0.4, 0.5) is 34.1 Å². The predicted molar refractivity (Wildman–Crippen MR) is 269 cm³/mol. The van der Waals surface area contributed by atoms with Gasteiger partial charge < -0.3 is 30.7 Å². The van der Waals surface area contributed by atoms with Gasteiger partial charge in [0.25, 0.3) is 23.6 Å². The van der Waals surface area contributed by atoms with E-state index in [1.54, 1.807) is 43.3 Å². The van der Waals surface area contributed by atoms with Crippen LogP contribution in [0.2, 0.25) is 10.0 Å². The van der Waals surface area contributed by atoms with E-state index in [9.17, 15) is 28.8 Å². The summed E-state index contributed by atoms with van der Waals surface area (Å²) in [6, 6.07) is 19.6. The Labute approximate surface area is 422 Å². The Morgan fingerprint density at radius 1 is 0.565 bits per heavy atom. The number of azo groups is 2. The largest absolute Gasteiger partial charge is 0.494 e. The molecule has 5 rings (SSSR count). The van der Waals surface area contributed by atoms with E-state index in [0.29, 0.717) is 52.8 Å². The van der Waals surface area contributed by atoms with E-state index in [-0.39, 0.29) is 55.7 Å². The van der Waals surface area contributed by atoms with Gasteiger partial charge >= 0.3 is 0 Å². The van der Waals surface area contributed by atoms with Crippen molar-refractivity contribution in [3.63, 3.8) is 0 Å². The highest BCUT2D eigenvalue weighted by atomic mass is 35.5. The number of ketones is 2. The fourth-order valence-corrected chi connectivity index (χ4v) is 7.49. The molecule has 0 aliphatic carbocycles.